The van der Waals surface area contributed by atoms with Gasteiger partial charge in [0.05, 0.1) is 5.52 Å². The van der Waals surface area contributed by atoms with Crippen LogP contribution < -0.4 is 15.8 Å². The van der Waals surface area contributed by atoms with Crippen molar-refractivity contribution in [3.8, 4) is 0 Å². The van der Waals surface area contributed by atoms with Crippen molar-refractivity contribution in [2.45, 2.75) is 19.9 Å². The summed E-state index contributed by atoms with van der Waals surface area (Å²) in [5, 5.41) is 9.46. The summed E-state index contributed by atoms with van der Waals surface area (Å²) in [7, 11) is 3.95. The first kappa shape index (κ1) is 17.4. The maximum atomic E-state index is 12.2. The van der Waals surface area contributed by atoms with E-state index in [9.17, 15) is 4.79 Å². The number of anilines is 2. The number of aromatic nitrogens is 4. The van der Waals surface area contributed by atoms with Gasteiger partial charge in [0.1, 0.15) is 5.82 Å². The molecule has 138 valence electrons. The molecule has 8 heteroatoms. The van der Waals surface area contributed by atoms with Gasteiger partial charge in [0.25, 0.3) is 5.56 Å². The van der Waals surface area contributed by atoms with E-state index < -0.39 is 0 Å². The van der Waals surface area contributed by atoms with Crippen LogP contribution in [0, 0.1) is 0 Å². The largest absolute Gasteiger partial charge is 0.363 e. The molecule has 3 heterocycles. The molecule has 0 aliphatic carbocycles. The van der Waals surface area contributed by atoms with Crippen molar-refractivity contribution < 1.29 is 0 Å². The van der Waals surface area contributed by atoms with Gasteiger partial charge in [-0.25, -0.2) is 9.97 Å². The Morgan fingerprint density at radius 1 is 1.19 bits per heavy atom. The predicted octanol–water partition coefficient (Wildman–Crippen LogP) is 2.94. The second-order valence-corrected chi connectivity index (χ2v) is 7.40. The first-order chi connectivity index (χ1) is 13.0. The molecule has 1 aromatic carbocycles. The van der Waals surface area contributed by atoms with Crippen LogP contribution in [0.25, 0.3) is 15.9 Å². The second kappa shape index (κ2) is 6.96. The summed E-state index contributed by atoms with van der Waals surface area (Å²) in [4.78, 5) is 23.9. The molecule has 3 aromatic heterocycles. The smallest absolute Gasteiger partial charge is 0.275 e. The van der Waals surface area contributed by atoms with Crippen LogP contribution in [0.15, 0.2) is 41.2 Å². The molecule has 0 atom stereocenters. The lowest BCUT2D eigenvalue weighted by Gasteiger charge is -2.15. The minimum atomic E-state index is -0.148. The molecule has 1 N–H and O–H groups in total. The van der Waals surface area contributed by atoms with Gasteiger partial charge in [-0.2, -0.15) is 4.52 Å². The van der Waals surface area contributed by atoms with Crippen LogP contribution in [0.4, 0.5) is 10.9 Å². The van der Waals surface area contributed by atoms with Crippen molar-refractivity contribution in [3.05, 3.63) is 58.0 Å². The van der Waals surface area contributed by atoms with E-state index in [1.54, 1.807) is 0 Å². The first-order valence-electron chi connectivity index (χ1n) is 8.75. The standard InChI is InChI=1S/C19H20N6OS/c1-4-13-10-17(26)25-19(21-13)27-18(23-25)20-11-12-9-16(24(2)3)22-15-8-6-5-7-14(12)15/h5-10H,4,11H2,1-3H3,(H,20,23). The van der Waals surface area contributed by atoms with Crippen LogP contribution in [0.3, 0.4) is 0 Å². The first-order valence-corrected chi connectivity index (χ1v) is 9.56. The average Bonchev–Trinajstić information content (AvgIpc) is 3.09. The molecule has 0 bridgehead atoms. The zero-order chi connectivity index (χ0) is 19.0. The zero-order valence-electron chi connectivity index (χ0n) is 15.4. The molecule has 7 nitrogen and oxygen atoms in total. The molecule has 0 saturated heterocycles. The highest BCUT2D eigenvalue weighted by atomic mass is 32.1. The maximum absolute atomic E-state index is 12.2. The van der Waals surface area contributed by atoms with Crippen molar-refractivity contribution in [2.75, 3.05) is 24.3 Å². The number of fused-ring (bicyclic) bond motifs is 2. The number of nitrogens with zero attached hydrogens (tertiary/aromatic N) is 5. The van der Waals surface area contributed by atoms with Crippen LogP contribution in [0.5, 0.6) is 0 Å². The van der Waals surface area contributed by atoms with Crippen molar-refractivity contribution in [3.63, 3.8) is 0 Å². The van der Waals surface area contributed by atoms with Crippen molar-refractivity contribution in [1.29, 1.82) is 0 Å². The van der Waals surface area contributed by atoms with Crippen molar-refractivity contribution in [1.82, 2.24) is 19.6 Å². The van der Waals surface area contributed by atoms with E-state index in [-0.39, 0.29) is 5.56 Å². The molecule has 0 amide bonds. The zero-order valence-corrected chi connectivity index (χ0v) is 16.2. The SMILES string of the molecule is CCc1cc(=O)n2nc(NCc3cc(N(C)C)nc4ccccc34)sc2n1. The highest BCUT2D eigenvalue weighted by molar-refractivity contribution is 7.20. The van der Waals surface area contributed by atoms with Gasteiger partial charge in [-0.3, -0.25) is 4.79 Å². The number of para-hydroxylation sites is 1. The fourth-order valence-electron chi connectivity index (χ4n) is 2.89. The predicted molar refractivity (Wildman–Crippen MR) is 110 cm³/mol. The van der Waals surface area contributed by atoms with Crippen molar-refractivity contribution >= 4 is 38.2 Å². The number of pyridine rings is 1. The number of benzene rings is 1. The molecule has 0 saturated carbocycles. The van der Waals surface area contributed by atoms with E-state index in [1.165, 1.54) is 21.9 Å². The summed E-state index contributed by atoms with van der Waals surface area (Å²) in [6.45, 7) is 2.56. The van der Waals surface area contributed by atoms with E-state index in [2.05, 4.69) is 32.5 Å². The number of aryl methyl sites for hydroxylation is 1. The normalized spacial score (nSPS) is 11.2. The summed E-state index contributed by atoms with van der Waals surface area (Å²) in [5.41, 5.74) is 2.71. The Labute approximate surface area is 160 Å². The van der Waals surface area contributed by atoms with Crippen LogP contribution in [0.2, 0.25) is 0 Å². The highest BCUT2D eigenvalue weighted by Gasteiger charge is 2.11. The Morgan fingerprint density at radius 3 is 2.78 bits per heavy atom. The van der Waals surface area contributed by atoms with Crippen LogP contribution in [-0.4, -0.2) is 33.7 Å². The number of nitrogens with one attached hydrogen (secondary N) is 1. The molecular weight excluding hydrogens is 360 g/mol. The molecule has 27 heavy (non-hydrogen) atoms. The fourth-order valence-corrected chi connectivity index (χ4v) is 3.71. The van der Waals surface area contributed by atoms with Gasteiger partial charge in [-0.1, -0.05) is 36.5 Å². The second-order valence-electron chi connectivity index (χ2n) is 6.45. The minimum Gasteiger partial charge on any atom is -0.363 e. The Morgan fingerprint density at radius 2 is 2.00 bits per heavy atom. The highest BCUT2D eigenvalue weighted by Crippen LogP contribution is 2.24. The van der Waals surface area contributed by atoms with E-state index in [1.807, 2.05) is 44.1 Å². The van der Waals surface area contributed by atoms with Gasteiger partial charge in [-0.15, -0.1) is 5.10 Å². The Hall–Kier alpha value is -3.00. The Balaban J connectivity index is 1.68. The molecule has 4 aromatic rings. The van der Waals surface area contributed by atoms with Crippen LogP contribution >= 0.6 is 11.3 Å². The van der Waals surface area contributed by atoms with Gasteiger partial charge in [0.2, 0.25) is 10.1 Å². The Bertz CT molecular complexity index is 1180. The molecule has 0 radical (unpaired) electrons. The van der Waals surface area contributed by atoms with Crippen molar-refractivity contribution in [2.24, 2.45) is 0 Å². The quantitative estimate of drug-likeness (QED) is 0.574. The molecule has 0 spiro atoms. The summed E-state index contributed by atoms with van der Waals surface area (Å²) < 4.78 is 1.35. The molecule has 0 aliphatic rings. The molecule has 4 rings (SSSR count). The van der Waals surface area contributed by atoms with E-state index in [0.29, 0.717) is 16.6 Å². The summed E-state index contributed by atoms with van der Waals surface area (Å²) >= 11 is 1.38. The molecule has 0 aliphatic heterocycles. The van der Waals surface area contributed by atoms with E-state index in [4.69, 9.17) is 0 Å². The molecule has 0 unspecified atom stereocenters. The topological polar surface area (TPSA) is 75.4 Å². The molecular formula is C19H20N6OS. The monoisotopic (exact) mass is 380 g/mol. The maximum Gasteiger partial charge on any atom is 0.275 e. The van der Waals surface area contributed by atoms with Crippen LogP contribution in [-0.2, 0) is 13.0 Å². The van der Waals surface area contributed by atoms with Gasteiger partial charge < -0.3 is 10.2 Å². The van der Waals surface area contributed by atoms with Gasteiger partial charge in [0, 0.05) is 37.8 Å². The summed E-state index contributed by atoms with van der Waals surface area (Å²) in [5.74, 6) is 0.903. The lowest BCUT2D eigenvalue weighted by Crippen LogP contribution is -2.15. The van der Waals surface area contributed by atoms with E-state index in [0.717, 1.165) is 34.4 Å². The molecule has 0 fully saturated rings. The fraction of sp³-hybridized carbons (Fsp3) is 0.263. The average molecular weight is 380 g/mol. The third kappa shape index (κ3) is 3.35. The number of rotatable bonds is 5. The lowest BCUT2D eigenvalue weighted by atomic mass is 10.1. The van der Waals surface area contributed by atoms with Gasteiger partial charge in [0.15, 0.2) is 0 Å². The number of hydrogen-bond donors (Lipinski definition) is 1. The third-order valence-corrected chi connectivity index (χ3v) is 5.20. The van der Waals surface area contributed by atoms with Gasteiger partial charge in [-0.05, 0) is 24.1 Å². The minimum absolute atomic E-state index is 0.148. The lowest BCUT2D eigenvalue weighted by molar-refractivity contribution is 0.874. The Kier molecular flexibility index (Phi) is 4.49. The third-order valence-electron chi connectivity index (χ3n) is 4.34. The van der Waals surface area contributed by atoms with E-state index >= 15 is 0 Å². The van der Waals surface area contributed by atoms with Crippen LogP contribution in [0.1, 0.15) is 18.2 Å². The number of hydrogen-bond acceptors (Lipinski definition) is 7. The summed E-state index contributed by atoms with van der Waals surface area (Å²) in [6, 6.07) is 11.7. The summed E-state index contributed by atoms with van der Waals surface area (Å²) in [6.07, 6.45) is 0.725. The van der Waals surface area contributed by atoms with Gasteiger partial charge >= 0.3 is 0 Å².